The van der Waals surface area contributed by atoms with E-state index in [1.165, 1.54) is 6.26 Å². The van der Waals surface area contributed by atoms with Crippen LogP contribution < -0.4 is 11.1 Å². The van der Waals surface area contributed by atoms with Crippen LogP contribution in [0.25, 0.3) is 0 Å². The van der Waals surface area contributed by atoms with Crippen LogP contribution in [0, 0.1) is 6.92 Å². The SMILES string of the molecule is Cc1c(CS(C)(=O)=O)cccc1NC(=O)[C@@H](N)Cc1ccccc1. The van der Waals surface area contributed by atoms with Gasteiger partial charge in [0.15, 0.2) is 9.84 Å². The fourth-order valence-corrected chi connectivity index (χ4v) is 3.32. The van der Waals surface area contributed by atoms with Crippen LogP contribution in [0.15, 0.2) is 48.5 Å². The maximum absolute atomic E-state index is 12.3. The van der Waals surface area contributed by atoms with Crippen LogP contribution in [-0.4, -0.2) is 26.6 Å². The van der Waals surface area contributed by atoms with Crippen molar-refractivity contribution in [1.82, 2.24) is 0 Å². The number of nitrogens with one attached hydrogen (secondary N) is 1. The van der Waals surface area contributed by atoms with E-state index in [4.69, 9.17) is 5.73 Å². The molecule has 0 aliphatic carbocycles. The first kappa shape index (κ1) is 18.2. The van der Waals surface area contributed by atoms with Gasteiger partial charge in [-0.2, -0.15) is 0 Å². The second-order valence-corrected chi connectivity index (χ2v) is 8.09. The molecule has 6 heteroatoms. The van der Waals surface area contributed by atoms with Crippen molar-refractivity contribution in [1.29, 1.82) is 0 Å². The molecule has 0 saturated carbocycles. The van der Waals surface area contributed by atoms with Crippen molar-refractivity contribution < 1.29 is 13.2 Å². The lowest BCUT2D eigenvalue weighted by Gasteiger charge is -2.15. The van der Waals surface area contributed by atoms with Crippen LogP contribution in [0.2, 0.25) is 0 Å². The second kappa shape index (κ2) is 7.59. The summed E-state index contributed by atoms with van der Waals surface area (Å²) in [6.45, 7) is 1.79. The molecule has 1 amide bonds. The first-order valence-corrected chi connectivity index (χ1v) is 9.69. The molecule has 24 heavy (non-hydrogen) atoms. The highest BCUT2D eigenvalue weighted by Crippen LogP contribution is 2.21. The Morgan fingerprint density at radius 1 is 1.12 bits per heavy atom. The normalized spacial score (nSPS) is 12.6. The summed E-state index contributed by atoms with van der Waals surface area (Å²) in [4.78, 5) is 12.3. The Bertz CT molecular complexity index is 817. The van der Waals surface area contributed by atoms with Crippen LogP contribution in [0.1, 0.15) is 16.7 Å². The molecule has 0 unspecified atom stereocenters. The quantitative estimate of drug-likeness (QED) is 0.838. The number of carbonyl (C=O) groups excluding carboxylic acids is 1. The molecule has 0 fully saturated rings. The van der Waals surface area contributed by atoms with E-state index in [0.29, 0.717) is 17.7 Å². The molecule has 0 aliphatic rings. The van der Waals surface area contributed by atoms with Gasteiger partial charge < -0.3 is 11.1 Å². The van der Waals surface area contributed by atoms with Crippen molar-refractivity contribution in [3.63, 3.8) is 0 Å². The summed E-state index contributed by atoms with van der Waals surface area (Å²) >= 11 is 0. The maximum Gasteiger partial charge on any atom is 0.241 e. The van der Waals surface area contributed by atoms with E-state index in [1.54, 1.807) is 25.1 Å². The molecule has 1 atom stereocenters. The van der Waals surface area contributed by atoms with Gasteiger partial charge in [-0.05, 0) is 36.1 Å². The van der Waals surface area contributed by atoms with Crippen molar-refractivity contribution in [3.05, 3.63) is 65.2 Å². The van der Waals surface area contributed by atoms with Crippen molar-refractivity contribution in [3.8, 4) is 0 Å². The fourth-order valence-electron chi connectivity index (χ4n) is 2.44. The summed E-state index contributed by atoms with van der Waals surface area (Å²) in [6, 6.07) is 14.1. The summed E-state index contributed by atoms with van der Waals surface area (Å²) in [5.74, 6) is -0.350. The van der Waals surface area contributed by atoms with Gasteiger partial charge in [0.2, 0.25) is 5.91 Å². The molecule has 2 rings (SSSR count). The zero-order valence-corrected chi connectivity index (χ0v) is 14.6. The molecular formula is C18H22N2O3S. The lowest BCUT2D eigenvalue weighted by molar-refractivity contribution is -0.117. The highest BCUT2D eigenvalue weighted by molar-refractivity contribution is 7.89. The third-order valence-electron chi connectivity index (χ3n) is 3.76. The first-order chi connectivity index (χ1) is 11.3. The highest BCUT2D eigenvalue weighted by atomic mass is 32.2. The Balaban J connectivity index is 2.10. The van der Waals surface area contributed by atoms with E-state index < -0.39 is 15.9 Å². The van der Waals surface area contributed by atoms with E-state index in [9.17, 15) is 13.2 Å². The fraction of sp³-hybridized carbons (Fsp3) is 0.278. The molecule has 5 nitrogen and oxygen atoms in total. The van der Waals surface area contributed by atoms with Gasteiger partial charge in [0.1, 0.15) is 0 Å². The summed E-state index contributed by atoms with van der Waals surface area (Å²) in [7, 11) is -3.14. The van der Waals surface area contributed by atoms with Crippen LogP contribution in [0.5, 0.6) is 0 Å². The molecule has 0 radical (unpaired) electrons. The van der Waals surface area contributed by atoms with Crippen LogP contribution in [0.3, 0.4) is 0 Å². The predicted octanol–water partition coefficient (Wildman–Crippen LogP) is 2.05. The van der Waals surface area contributed by atoms with E-state index in [2.05, 4.69) is 5.32 Å². The number of carbonyl (C=O) groups is 1. The number of nitrogens with two attached hydrogens (primary N) is 1. The molecule has 128 valence electrons. The van der Waals surface area contributed by atoms with Gasteiger partial charge in [0.05, 0.1) is 11.8 Å². The Labute approximate surface area is 142 Å². The molecule has 0 aliphatic heterocycles. The second-order valence-electron chi connectivity index (χ2n) is 5.95. The number of amides is 1. The molecule has 2 aromatic carbocycles. The third kappa shape index (κ3) is 5.18. The summed E-state index contributed by atoms with van der Waals surface area (Å²) in [5.41, 5.74) is 8.97. The van der Waals surface area contributed by atoms with Gasteiger partial charge >= 0.3 is 0 Å². The Hall–Kier alpha value is -2.18. The van der Waals surface area contributed by atoms with Gasteiger partial charge in [-0.1, -0.05) is 42.5 Å². The minimum Gasteiger partial charge on any atom is -0.324 e. The Morgan fingerprint density at radius 3 is 2.42 bits per heavy atom. The van der Waals surface area contributed by atoms with Gasteiger partial charge in [-0.25, -0.2) is 8.42 Å². The number of benzene rings is 2. The molecule has 0 bridgehead atoms. The summed E-state index contributed by atoms with van der Waals surface area (Å²) in [5, 5.41) is 2.80. The Morgan fingerprint density at radius 2 is 1.79 bits per heavy atom. The van der Waals surface area contributed by atoms with E-state index in [-0.39, 0.29) is 11.7 Å². The van der Waals surface area contributed by atoms with Crippen molar-refractivity contribution in [2.45, 2.75) is 25.1 Å². The average Bonchev–Trinajstić information content (AvgIpc) is 2.51. The number of hydrogen-bond acceptors (Lipinski definition) is 4. The molecule has 0 aromatic heterocycles. The van der Waals surface area contributed by atoms with Crippen LogP contribution in [-0.2, 0) is 26.8 Å². The topological polar surface area (TPSA) is 89.3 Å². The highest BCUT2D eigenvalue weighted by Gasteiger charge is 2.16. The number of sulfone groups is 1. The number of hydrogen-bond donors (Lipinski definition) is 2. The van der Waals surface area contributed by atoms with Crippen LogP contribution >= 0.6 is 0 Å². The lowest BCUT2D eigenvalue weighted by Crippen LogP contribution is -2.37. The zero-order chi connectivity index (χ0) is 17.7. The molecule has 0 saturated heterocycles. The molecular weight excluding hydrogens is 324 g/mol. The summed E-state index contributed by atoms with van der Waals surface area (Å²) < 4.78 is 23.0. The van der Waals surface area contributed by atoms with Gasteiger partial charge in [0, 0.05) is 11.9 Å². The van der Waals surface area contributed by atoms with Gasteiger partial charge in [-0.3, -0.25) is 4.79 Å². The molecule has 2 aromatic rings. The van der Waals surface area contributed by atoms with Crippen LogP contribution in [0.4, 0.5) is 5.69 Å². The lowest BCUT2D eigenvalue weighted by atomic mass is 10.0. The minimum atomic E-state index is -3.14. The van der Waals surface area contributed by atoms with E-state index in [1.807, 2.05) is 30.3 Å². The van der Waals surface area contributed by atoms with Crippen molar-refractivity contribution >= 4 is 21.4 Å². The first-order valence-electron chi connectivity index (χ1n) is 7.63. The third-order valence-corrected chi connectivity index (χ3v) is 4.59. The molecule has 0 heterocycles. The largest absolute Gasteiger partial charge is 0.324 e. The number of rotatable bonds is 6. The zero-order valence-electron chi connectivity index (χ0n) is 13.8. The van der Waals surface area contributed by atoms with Crippen molar-refractivity contribution in [2.75, 3.05) is 11.6 Å². The minimum absolute atomic E-state index is 0.0569. The smallest absolute Gasteiger partial charge is 0.241 e. The van der Waals surface area contributed by atoms with Gasteiger partial charge in [-0.15, -0.1) is 0 Å². The monoisotopic (exact) mass is 346 g/mol. The summed E-state index contributed by atoms with van der Waals surface area (Å²) in [6.07, 6.45) is 1.63. The van der Waals surface area contributed by atoms with Crippen molar-refractivity contribution in [2.24, 2.45) is 5.73 Å². The standard InChI is InChI=1S/C18H22N2O3S/c1-13-15(12-24(2,22)23)9-6-10-17(13)20-18(21)16(19)11-14-7-4-3-5-8-14/h3-10,16H,11-12,19H2,1-2H3,(H,20,21)/t16-/m0/s1. The average molecular weight is 346 g/mol. The van der Waals surface area contributed by atoms with E-state index in [0.717, 1.165) is 11.1 Å². The molecule has 3 N–H and O–H groups in total. The van der Waals surface area contributed by atoms with E-state index >= 15 is 0 Å². The maximum atomic E-state index is 12.3. The molecule has 0 spiro atoms. The van der Waals surface area contributed by atoms with Gasteiger partial charge in [0.25, 0.3) is 0 Å². The predicted molar refractivity (Wildman–Crippen MR) is 96.5 cm³/mol. The number of anilines is 1. The Kier molecular flexibility index (Phi) is 5.75.